The Morgan fingerprint density at radius 1 is 1.38 bits per heavy atom. The number of rotatable bonds is 1. The fourth-order valence-corrected chi connectivity index (χ4v) is 1.57. The standard InChI is InChI=1S/C10H7BN4O/c1-6-13-10(14-16-6)8-4-12-9-3-2-7(11)5-15(8)9/h2-5H,1H3. The van der Waals surface area contributed by atoms with Crippen molar-refractivity contribution in [1.29, 1.82) is 0 Å². The minimum absolute atomic E-state index is 0.510. The molecule has 0 bridgehead atoms. The molecule has 0 aliphatic carbocycles. The van der Waals surface area contributed by atoms with E-state index in [1.165, 1.54) is 0 Å². The molecule has 0 fully saturated rings. The van der Waals surface area contributed by atoms with Crippen molar-refractivity contribution in [3.63, 3.8) is 0 Å². The summed E-state index contributed by atoms with van der Waals surface area (Å²) in [5, 5.41) is 3.85. The van der Waals surface area contributed by atoms with Gasteiger partial charge in [-0.3, -0.25) is 4.40 Å². The van der Waals surface area contributed by atoms with Gasteiger partial charge in [0.1, 0.15) is 19.2 Å². The lowest BCUT2D eigenvalue weighted by molar-refractivity contribution is 0.394. The van der Waals surface area contributed by atoms with Crippen LogP contribution in [-0.4, -0.2) is 27.4 Å². The number of imidazole rings is 1. The van der Waals surface area contributed by atoms with Gasteiger partial charge in [-0.1, -0.05) is 16.7 Å². The Bertz CT molecular complexity index is 658. The number of pyridine rings is 1. The van der Waals surface area contributed by atoms with Gasteiger partial charge < -0.3 is 4.52 Å². The summed E-state index contributed by atoms with van der Waals surface area (Å²) in [7, 11) is 5.72. The zero-order valence-corrected chi connectivity index (χ0v) is 8.58. The Balaban J connectivity index is 2.27. The van der Waals surface area contributed by atoms with Crippen molar-refractivity contribution in [3.05, 3.63) is 30.4 Å². The van der Waals surface area contributed by atoms with Crippen LogP contribution in [0.3, 0.4) is 0 Å². The van der Waals surface area contributed by atoms with E-state index in [0.717, 1.165) is 11.3 Å². The number of aryl methyl sites for hydroxylation is 1. The number of aromatic nitrogens is 4. The average molecular weight is 210 g/mol. The molecule has 3 heterocycles. The average Bonchev–Trinajstić information content (AvgIpc) is 2.83. The molecule has 0 amide bonds. The monoisotopic (exact) mass is 210 g/mol. The first-order valence-corrected chi connectivity index (χ1v) is 4.77. The van der Waals surface area contributed by atoms with Crippen molar-refractivity contribution < 1.29 is 4.52 Å². The minimum atomic E-state index is 0.510. The predicted octanol–water partition coefficient (Wildman–Crippen LogP) is 0.487. The maximum Gasteiger partial charge on any atom is 0.223 e. The fraction of sp³-hybridized carbons (Fsp3) is 0.100. The summed E-state index contributed by atoms with van der Waals surface area (Å²) < 4.78 is 6.77. The third-order valence-electron chi connectivity index (χ3n) is 2.29. The van der Waals surface area contributed by atoms with E-state index in [1.807, 2.05) is 10.5 Å². The Morgan fingerprint density at radius 3 is 3.00 bits per heavy atom. The predicted molar refractivity (Wildman–Crippen MR) is 58.6 cm³/mol. The van der Waals surface area contributed by atoms with Gasteiger partial charge in [0.25, 0.3) is 0 Å². The van der Waals surface area contributed by atoms with Gasteiger partial charge in [-0.05, 0) is 6.07 Å². The smallest absolute Gasteiger partial charge is 0.223 e. The van der Waals surface area contributed by atoms with Gasteiger partial charge in [0.05, 0.1) is 6.20 Å². The minimum Gasteiger partial charge on any atom is -0.339 e. The Morgan fingerprint density at radius 2 is 2.25 bits per heavy atom. The van der Waals surface area contributed by atoms with Crippen LogP contribution >= 0.6 is 0 Å². The highest BCUT2D eigenvalue weighted by atomic mass is 16.5. The highest BCUT2D eigenvalue weighted by Crippen LogP contribution is 2.16. The molecule has 0 spiro atoms. The quantitative estimate of drug-likeness (QED) is 0.548. The first-order chi connectivity index (χ1) is 7.74. The molecule has 3 aromatic rings. The molecule has 16 heavy (non-hydrogen) atoms. The summed E-state index contributed by atoms with van der Waals surface area (Å²) in [6, 6.07) is 3.64. The summed E-state index contributed by atoms with van der Waals surface area (Å²) in [6.45, 7) is 1.74. The number of hydrogen-bond donors (Lipinski definition) is 0. The molecule has 0 unspecified atom stereocenters. The molecule has 0 aromatic carbocycles. The summed E-state index contributed by atoms with van der Waals surface area (Å²) >= 11 is 0. The molecule has 0 saturated carbocycles. The highest BCUT2D eigenvalue weighted by molar-refractivity contribution is 6.32. The van der Waals surface area contributed by atoms with Crippen molar-refractivity contribution in [2.45, 2.75) is 6.92 Å². The lowest BCUT2D eigenvalue weighted by Gasteiger charge is -1.98. The van der Waals surface area contributed by atoms with Gasteiger partial charge in [-0.2, -0.15) is 4.98 Å². The van der Waals surface area contributed by atoms with Crippen molar-refractivity contribution in [1.82, 2.24) is 19.5 Å². The molecular weight excluding hydrogens is 203 g/mol. The van der Waals surface area contributed by atoms with Gasteiger partial charge in [0, 0.05) is 13.1 Å². The molecule has 0 aliphatic rings. The molecule has 3 aromatic heterocycles. The zero-order chi connectivity index (χ0) is 11.1. The molecule has 0 atom stereocenters. The topological polar surface area (TPSA) is 56.2 Å². The van der Waals surface area contributed by atoms with Crippen molar-refractivity contribution >= 4 is 19.0 Å². The van der Waals surface area contributed by atoms with E-state index < -0.39 is 0 Å². The molecule has 0 aliphatic heterocycles. The molecule has 76 valence electrons. The number of fused-ring (bicyclic) bond motifs is 1. The summed E-state index contributed by atoms with van der Waals surface area (Å²) in [5.74, 6) is 1.03. The largest absolute Gasteiger partial charge is 0.339 e. The molecular formula is C10H7BN4O. The van der Waals surface area contributed by atoms with E-state index in [4.69, 9.17) is 12.4 Å². The molecule has 0 N–H and O–H groups in total. The maximum absolute atomic E-state index is 5.72. The van der Waals surface area contributed by atoms with E-state index in [2.05, 4.69) is 15.1 Å². The van der Waals surface area contributed by atoms with E-state index in [0.29, 0.717) is 17.2 Å². The number of nitrogens with zero attached hydrogens (tertiary/aromatic N) is 4. The third-order valence-corrected chi connectivity index (χ3v) is 2.29. The second-order valence-corrected chi connectivity index (χ2v) is 3.47. The van der Waals surface area contributed by atoms with E-state index in [1.54, 1.807) is 25.4 Å². The van der Waals surface area contributed by atoms with Gasteiger partial charge in [-0.25, -0.2) is 4.98 Å². The lowest BCUT2D eigenvalue weighted by atomic mass is 9.99. The van der Waals surface area contributed by atoms with Gasteiger partial charge >= 0.3 is 0 Å². The first-order valence-electron chi connectivity index (χ1n) is 4.77. The molecule has 0 saturated heterocycles. The Hall–Kier alpha value is -2.11. The van der Waals surface area contributed by atoms with E-state index >= 15 is 0 Å². The van der Waals surface area contributed by atoms with Crippen LogP contribution in [0.2, 0.25) is 0 Å². The van der Waals surface area contributed by atoms with Crippen LogP contribution in [-0.2, 0) is 0 Å². The number of hydrogen-bond acceptors (Lipinski definition) is 4. The third kappa shape index (κ3) is 1.30. The second-order valence-electron chi connectivity index (χ2n) is 3.47. The summed E-state index contributed by atoms with van der Waals surface area (Å²) in [4.78, 5) is 8.38. The normalized spacial score (nSPS) is 11.1. The van der Waals surface area contributed by atoms with Crippen molar-refractivity contribution in [2.24, 2.45) is 0 Å². The molecule has 3 rings (SSSR count). The summed E-state index contributed by atoms with van der Waals surface area (Å²) in [6.07, 6.45) is 3.47. The Kier molecular flexibility index (Phi) is 1.83. The van der Waals surface area contributed by atoms with Crippen LogP contribution in [0.15, 0.2) is 29.0 Å². The van der Waals surface area contributed by atoms with E-state index in [9.17, 15) is 0 Å². The van der Waals surface area contributed by atoms with Crippen LogP contribution in [0.1, 0.15) is 5.89 Å². The van der Waals surface area contributed by atoms with E-state index in [-0.39, 0.29) is 0 Å². The van der Waals surface area contributed by atoms with Crippen molar-refractivity contribution in [3.8, 4) is 11.5 Å². The van der Waals surface area contributed by atoms with Crippen LogP contribution in [0.4, 0.5) is 0 Å². The molecule has 5 nitrogen and oxygen atoms in total. The van der Waals surface area contributed by atoms with Crippen molar-refractivity contribution in [2.75, 3.05) is 0 Å². The van der Waals surface area contributed by atoms with Crippen LogP contribution in [0, 0.1) is 6.92 Å². The fourth-order valence-electron chi connectivity index (χ4n) is 1.57. The SMILES string of the molecule is [B]c1ccc2ncc(-c3noc(C)n3)n2c1. The van der Waals surface area contributed by atoms with Gasteiger partial charge in [0.15, 0.2) is 0 Å². The molecule has 2 radical (unpaired) electrons. The van der Waals surface area contributed by atoms with Crippen LogP contribution in [0.5, 0.6) is 0 Å². The van der Waals surface area contributed by atoms with Crippen LogP contribution < -0.4 is 5.46 Å². The Labute approximate surface area is 92.5 Å². The second kappa shape index (κ2) is 3.20. The van der Waals surface area contributed by atoms with Gasteiger partial charge in [0.2, 0.25) is 11.7 Å². The maximum atomic E-state index is 5.72. The highest BCUT2D eigenvalue weighted by Gasteiger charge is 2.11. The first kappa shape index (κ1) is 9.14. The zero-order valence-electron chi connectivity index (χ0n) is 8.58. The lowest BCUT2D eigenvalue weighted by Crippen LogP contribution is -2.05. The van der Waals surface area contributed by atoms with Crippen LogP contribution in [0.25, 0.3) is 17.2 Å². The molecule has 6 heteroatoms. The summed E-state index contributed by atoms with van der Waals surface area (Å²) in [5.41, 5.74) is 2.22. The van der Waals surface area contributed by atoms with Gasteiger partial charge in [-0.15, -0.1) is 0 Å².